The molecule has 0 N–H and O–H groups in total. The lowest BCUT2D eigenvalue weighted by molar-refractivity contribution is -0.660. The molecule has 1 aliphatic rings. The van der Waals surface area contributed by atoms with Crippen molar-refractivity contribution in [1.29, 1.82) is 0 Å². The van der Waals surface area contributed by atoms with Crippen LogP contribution in [-0.2, 0) is 17.9 Å². The zero-order chi connectivity index (χ0) is 22.3. The average molecular weight is 413 g/mol. The standard InChI is InChI=1S/C29H34NO/c1-17-9-10-20-21-11-12-22-25(29(6,7)14-13-28(22,4)5)27(21)31-26(20)24(17)23-15-18(2)19(3)16-30(23)8/h9-12,15-16H,13-14H2,1-8H3/q+1. The van der Waals surface area contributed by atoms with Gasteiger partial charge in [-0.15, -0.1) is 0 Å². The van der Waals surface area contributed by atoms with Gasteiger partial charge in [-0.2, -0.15) is 0 Å². The van der Waals surface area contributed by atoms with Crippen molar-refractivity contribution in [3.63, 3.8) is 0 Å². The van der Waals surface area contributed by atoms with Gasteiger partial charge < -0.3 is 4.42 Å². The minimum atomic E-state index is 0.110. The molecule has 0 atom stereocenters. The Morgan fingerprint density at radius 3 is 2.16 bits per heavy atom. The van der Waals surface area contributed by atoms with E-state index < -0.39 is 0 Å². The van der Waals surface area contributed by atoms with Gasteiger partial charge in [-0.25, -0.2) is 4.57 Å². The summed E-state index contributed by atoms with van der Waals surface area (Å²) in [7, 11) is 2.14. The van der Waals surface area contributed by atoms with E-state index in [1.165, 1.54) is 62.7 Å². The first-order chi connectivity index (χ1) is 14.5. The fraction of sp³-hybridized carbons (Fsp3) is 0.414. The van der Waals surface area contributed by atoms with Gasteiger partial charge in [0.05, 0.1) is 5.56 Å². The van der Waals surface area contributed by atoms with Crippen molar-refractivity contribution in [2.45, 2.75) is 72.1 Å². The van der Waals surface area contributed by atoms with Gasteiger partial charge >= 0.3 is 0 Å². The molecule has 4 aromatic rings. The van der Waals surface area contributed by atoms with Crippen LogP contribution in [0.1, 0.15) is 68.4 Å². The third-order valence-electron chi connectivity index (χ3n) is 7.80. The summed E-state index contributed by atoms with van der Waals surface area (Å²) in [5.41, 5.74) is 11.5. The van der Waals surface area contributed by atoms with E-state index in [0.717, 1.165) is 11.2 Å². The topological polar surface area (TPSA) is 17.0 Å². The van der Waals surface area contributed by atoms with E-state index in [-0.39, 0.29) is 10.8 Å². The molecule has 2 heterocycles. The van der Waals surface area contributed by atoms with Gasteiger partial charge in [0, 0.05) is 28.0 Å². The maximum atomic E-state index is 6.86. The Labute approximate surface area is 185 Å². The lowest BCUT2D eigenvalue weighted by Gasteiger charge is -2.41. The largest absolute Gasteiger partial charge is 0.455 e. The molecule has 0 saturated heterocycles. The first-order valence-corrected chi connectivity index (χ1v) is 11.5. The van der Waals surface area contributed by atoms with Crippen LogP contribution in [0, 0.1) is 20.8 Å². The maximum Gasteiger partial charge on any atom is 0.216 e. The molecule has 2 aromatic heterocycles. The number of aromatic nitrogens is 1. The quantitative estimate of drug-likeness (QED) is 0.299. The third kappa shape index (κ3) is 2.87. The SMILES string of the molecule is Cc1cc(-c2c(C)ccc3c2oc2c4c(ccc23)C(C)(C)CCC4(C)C)[n+](C)cc1C. The molecule has 0 radical (unpaired) electrons. The molecule has 1 aliphatic carbocycles. The summed E-state index contributed by atoms with van der Waals surface area (Å²) in [5.74, 6) is 0. The van der Waals surface area contributed by atoms with E-state index in [2.05, 4.69) is 96.6 Å². The molecule has 0 spiro atoms. The van der Waals surface area contributed by atoms with Crippen LogP contribution in [0.5, 0.6) is 0 Å². The molecule has 0 saturated carbocycles. The fourth-order valence-corrected chi connectivity index (χ4v) is 5.57. The summed E-state index contributed by atoms with van der Waals surface area (Å²) < 4.78 is 9.09. The first-order valence-electron chi connectivity index (χ1n) is 11.5. The monoisotopic (exact) mass is 412 g/mol. The number of benzene rings is 2. The summed E-state index contributed by atoms with van der Waals surface area (Å²) >= 11 is 0. The van der Waals surface area contributed by atoms with E-state index in [1.54, 1.807) is 0 Å². The molecule has 0 unspecified atom stereocenters. The molecular formula is C29H34NO+. The number of hydrogen-bond acceptors (Lipinski definition) is 1. The molecule has 0 aliphatic heterocycles. The molecule has 0 amide bonds. The molecule has 5 rings (SSSR count). The minimum absolute atomic E-state index is 0.110. The van der Waals surface area contributed by atoms with Gasteiger partial charge in [-0.05, 0) is 61.1 Å². The van der Waals surface area contributed by atoms with Crippen molar-refractivity contribution in [1.82, 2.24) is 0 Å². The summed E-state index contributed by atoms with van der Waals surface area (Å²) in [6.45, 7) is 16.1. The lowest BCUT2D eigenvalue weighted by Crippen LogP contribution is -2.33. The highest BCUT2D eigenvalue weighted by Crippen LogP contribution is 2.50. The zero-order valence-corrected chi connectivity index (χ0v) is 20.2. The summed E-state index contributed by atoms with van der Waals surface area (Å²) in [5, 5.41) is 2.46. The second-order valence-corrected chi connectivity index (χ2v) is 11.0. The van der Waals surface area contributed by atoms with Crippen molar-refractivity contribution in [2.75, 3.05) is 0 Å². The molecule has 160 valence electrons. The Morgan fingerprint density at radius 2 is 1.42 bits per heavy atom. The number of pyridine rings is 1. The van der Waals surface area contributed by atoms with Crippen LogP contribution in [-0.4, -0.2) is 0 Å². The maximum absolute atomic E-state index is 6.86. The highest BCUT2D eigenvalue weighted by molar-refractivity contribution is 6.11. The van der Waals surface area contributed by atoms with Crippen LogP contribution < -0.4 is 4.57 Å². The Hall–Kier alpha value is -2.61. The summed E-state index contributed by atoms with van der Waals surface area (Å²) in [4.78, 5) is 0. The van der Waals surface area contributed by atoms with E-state index in [0.29, 0.717) is 0 Å². The Kier molecular flexibility index (Phi) is 4.22. The molecule has 31 heavy (non-hydrogen) atoms. The van der Waals surface area contributed by atoms with Gasteiger partial charge in [0.25, 0.3) is 0 Å². The third-order valence-corrected chi connectivity index (χ3v) is 7.80. The van der Waals surface area contributed by atoms with Gasteiger partial charge in [-0.1, -0.05) is 52.0 Å². The van der Waals surface area contributed by atoms with E-state index in [9.17, 15) is 0 Å². The van der Waals surface area contributed by atoms with Crippen molar-refractivity contribution < 1.29 is 8.98 Å². The van der Waals surface area contributed by atoms with Crippen LogP contribution in [0.25, 0.3) is 33.2 Å². The summed E-state index contributed by atoms with van der Waals surface area (Å²) in [6.07, 6.45) is 4.61. The number of nitrogens with zero attached hydrogens (tertiary/aromatic N) is 1. The highest BCUT2D eigenvalue weighted by atomic mass is 16.3. The van der Waals surface area contributed by atoms with E-state index in [4.69, 9.17) is 4.42 Å². The smallest absolute Gasteiger partial charge is 0.216 e. The second kappa shape index (κ2) is 6.45. The van der Waals surface area contributed by atoms with Gasteiger partial charge in [-0.3, -0.25) is 0 Å². The number of aryl methyl sites for hydroxylation is 4. The predicted molar refractivity (Wildman–Crippen MR) is 130 cm³/mol. The van der Waals surface area contributed by atoms with Crippen molar-refractivity contribution in [3.8, 4) is 11.3 Å². The average Bonchev–Trinajstić information content (AvgIpc) is 3.07. The van der Waals surface area contributed by atoms with Crippen LogP contribution in [0.4, 0.5) is 0 Å². The van der Waals surface area contributed by atoms with Crippen molar-refractivity contribution in [3.05, 3.63) is 64.3 Å². The number of furan rings is 1. The zero-order valence-electron chi connectivity index (χ0n) is 20.2. The molecule has 2 aromatic carbocycles. The molecule has 2 nitrogen and oxygen atoms in total. The number of hydrogen-bond donors (Lipinski definition) is 0. The normalized spacial score (nSPS) is 17.3. The fourth-order valence-electron chi connectivity index (χ4n) is 5.57. The Bertz CT molecular complexity index is 1370. The summed E-state index contributed by atoms with van der Waals surface area (Å²) in [6, 6.07) is 11.4. The molecule has 2 heteroatoms. The second-order valence-electron chi connectivity index (χ2n) is 11.0. The Balaban J connectivity index is 1.91. The first kappa shape index (κ1) is 20.3. The Morgan fingerprint density at radius 1 is 0.774 bits per heavy atom. The van der Waals surface area contributed by atoms with E-state index >= 15 is 0 Å². The van der Waals surface area contributed by atoms with Gasteiger partial charge in [0.2, 0.25) is 5.69 Å². The number of fused-ring (bicyclic) bond motifs is 5. The van der Waals surface area contributed by atoms with Crippen LogP contribution >= 0.6 is 0 Å². The number of rotatable bonds is 1. The lowest BCUT2D eigenvalue weighted by atomic mass is 9.63. The molecule has 0 fully saturated rings. The van der Waals surface area contributed by atoms with E-state index in [1.807, 2.05) is 0 Å². The highest BCUT2D eigenvalue weighted by Gasteiger charge is 2.39. The predicted octanol–water partition coefficient (Wildman–Crippen LogP) is 7.35. The van der Waals surface area contributed by atoms with Crippen molar-refractivity contribution >= 4 is 21.9 Å². The van der Waals surface area contributed by atoms with Crippen molar-refractivity contribution in [2.24, 2.45) is 7.05 Å². The van der Waals surface area contributed by atoms with Gasteiger partial charge in [0.15, 0.2) is 6.20 Å². The molecular weight excluding hydrogens is 378 g/mol. The molecule has 0 bridgehead atoms. The van der Waals surface area contributed by atoms with Crippen LogP contribution in [0.2, 0.25) is 0 Å². The van der Waals surface area contributed by atoms with Crippen LogP contribution in [0.3, 0.4) is 0 Å². The van der Waals surface area contributed by atoms with Crippen LogP contribution in [0.15, 0.2) is 40.9 Å². The van der Waals surface area contributed by atoms with Gasteiger partial charge in [0.1, 0.15) is 18.2 Å². The minimum Gasteiger partial charge on any atom is -0.455 e.